The quantitative estimate of drug-likeness (QED) is 0.821. The molecular formula is C18H29NO2. The van der Waals surface area contributed by atoms with E-state index in [-0.39, 0.29) is 17.7 Å². The van der Waals surface area contributed by atoms with Crippen LogP contribution in [0.2, 0.25) is 0 Å². The van der Waals surface area contributed by atoms with Crippen molar-refractivity contribution >= 4 is 0 Å². The summed E-state index contributed by atoms with van der Waals surface area (Å²) in [6, 6.07) is 8.53. The molecular weight excluding hydrogens is 262 g/mol. The molecule has 0 amide bonds. The van der Waals surface area contributed by atoms with Gasteiger partial charge < -0.3 is 14.8 Å². The second kappa shape index (κ2) is 7.28. The van der Waals surface area contributed by atoms with Gasteiger partial charge >= 0.3 is 0 Å². The van der Waals surface area contributed by atoms with E-state index in [0.717, 1.165) is 38.2 Å². The van der Waals surface area contributed by atoms with Gasteiger partial charge in [-0.15, -0.1) is 0 Å². The largest absolute Gasteiger partial charge is 0.491 e. The van der Waals surface area contributed by atoms with Gasteiger partial charge in [0.1, 0.15) is 5.75 Å². The standard InChI is InChI=1S/C18H29NO2/c1-5-12-19-17(18(4)11-8-13-20-18)15-9-6-7-10-16(15)21-14(2)3/h6-7,9-10,14,17,19H,5,8,11-13H2,1-4H3. The molecule has 1 aromatic rings. The van der Waals surface area contributed by atoms with Gasteiger partial charge in [-0.3, -0.25) is 0 Å². The molecule has 1 aliphatic rings. The molecule has 0 aliphatic carbocycles. The van der Waals surface area contributed by atoms with Gasteiger partial charge in [0.05, 0.1) is 17.7 Å². The van der Waals surface area contributed by atoms with Crippen LogP contribution in [0.1, 0.15) is 58.6 Å². The highest BCUT2D eigenvalue weighted by molar-refractivity contribution is 5.38. The topological polar surface area (TPSA) is 30.5 Å². The Hall–Kier alpha value is -1.06. The minimum Gasteiger partial charge on any atom is -0.491 e. The van der Waals surface area contributed by atoms with E-state index in [2.05, 4.69) is 51.2 Å². The normalized spacial score (nSPS) is 23.5. The molecule has 2 unspecified atom stereocenters. The lowest BCUT2D eigenvalue weighted by molar-refractivity contribution is -0.0133. The number of hydrogen-bond acceptors (Lipinski definition) is 3. The molecule has 1 aliphatic heterocycles. The Kier molecular flexibility index (Phi) is 5.65. The predicted octanol–water partition coefficient (Wildman–Crippen LogP) is 4.08. The van der Waals surface area contributed by atoms with Crippen LogP contribution < -0.4 is 10.1 Å². The first kappa shape index (κ1) is 16.3. The van der Waals surface area contributed by atoms with Crippen molar-refractivity contribution in [2.45, 2.75) is 64.7 Å². The summed E-state index contributed by atoms with van der Waals surface area (Å²) >= 11 is 0. The second-order valence-corrected chi connectivity index (χ2v) is 6.36. The van der Waals surface area contributed by atoms with E-state index < -0.39 is 0 Å². The van der Waals surface area contributed by atoms with E-state index in [1.54, 1.807) is 0 Å². The van der Waals surface area contributed by atoms with Crippen LogP contribution >= 0.6 is 0 Å². The molecule has 0 aromatic heterocycles. The second-order valence-electron chi connectivity index (χ2n) is 6.36. The fraction of sp³-hybridized carbons (Fsp3) is 0.667. The molecule has 0 saturated carbocycles. The van der Waals surface area contributed by atoms with Crippen LogP contribution in [-0.2, 0) is 4.74 Å². The van der Waals surface area contributed by atoms with E-state index in [1.165, 1.54) is 5.56 Å². The third-order valence-electron chi connectivity index (χ3n) is 4.05. The third-order valence-corrected chi connectivity index (χ3v) is 4.05. The Labute approximate surface area is 129 Å². The maximum absolute atomic E-state index is 6.10. The minimum atomic E-state index is -0.147. The van der Waals surface area contributed by atoms with Crippen LogP contribution in [-0.4, -0.2) is 24.9 Å². The molecule has 1 aromatic carbocycles. The van der Waals surface area contributed by atoms with Crippen molar-refractivity contribution in [2.24, 2.45) is 0 Å². The summed E-state index contributed by atoms with van der Waals surface area (Å²) in [6.07, 6.45) is 3.51. The maximum Gasteiger partial charge on any atom is 0.124 e. The zero-order valence-electron chi connectivity index (χ0n) is 13.8. The number of ether oxygens (including phenoxy) is 2. The van der Waals surface area contributed by atoms with Crippen LogP contribution in [0.25, 0.3) is 0 Å². The molecule has 1 fully saturated rings. The smallest absolute Gasteiger partial charge is 0.124 e. The van der Waals surface area contributed by atoms with Crippen molar-refractivity contribution in [1.82, 2.24) is 5.32 Å². The zero-order valence-corrected chi connectivity index (χ0v) is 13.8. The summed E-state index contributed by atoms with van der Waals surface area (Å²) in [6.45, 7) is 10.4. The van der Waals surface area contributed by atoms with Gasteiger partial charge in [-0.05, 0) is 52.6 Å². The predicted molar refractivity (Wildman–Crippen MR) is 86.8 cm³/mol. The van der Waals surface area contributed by atoms with Crippen molar-refractivity contribution in [2.75, 3.05) is 13.2 Å². The Morgan fingerprint density at radius 2 is 2.10 bits per heavy atom. The molecule has 1 N–H and O–H groups in total. The molecule has 1 saturated heterocycles. The SMILES string of the molecule is CCCNC(c1ccccc1OC(C)C)C1(C)CCCO1. The van der Waals surface area contributed by atoms with Gasteiger partial charge in [0, 0.05) is 12.2 Å². The molecule has 0 bridgehead atoms. The van der Waals surface area contributed by atoms with Crippen LogP contribution in [0.15, 0.2) is 24.3 Å². The number of hydrogen-bond donors (Lipinski definition) is 1. The monoisotopic (exact) mass is 291 g/mol. The summed E-state index contributed by atoms with van der Waals surface area (Å²) in [7, 11) is 0. The zero-order chi connectivity index (χ0) is 15.3. The molecule has 3 nitrogen and oxygen atoms in total. The number of rotatable bonds is 7. The molecule has 2 rings (SSSR count). The van der Waals surface area contributed by atoms with Crippen LogP contribution in [0, 0.1) is 0 Å². The molecule has 118 valence electrons. The van der Waals surface area contributed by atoms with Crippen LogP contribution in [0.4, 0.5) is 0 Å². The van der Waals surface area contributed by atoms with Crippen LogP contribution in [0.3, 0.4) is 0 Å². The summed E-state index contributed by atoms with van der Waals surface area (Å²) in [5.74, 6) is 0.970. The molecule has 0 spiro atoms. The molecule has 0 radical (unpaired) electrons. The Morgan fingerprint density at radius 1 is 1.33 bits per heavy atom. The fourth-order valence-electron chi connectivity index (χ4n) is 3.05. The first-order valence-electron chi connectivity index (χ1n) is 8.19. The van der Waals surface area contributed by atoms with Gasteiger partial charge in [-0.1, -0.05) is 25.1 Å². The van der Waals surface area contributed by atoms with Crippen molar-refractivity contribution in [3.63, 3.8) is 0 Å². The fourth-order valence-corrected chi connectivity index (χ4v) is 3.05. The Balaban J connectivity index is 2.31. The van der Waals surface area contributed by atoms with Crippen molar-refractivity contribution in [3.05, 3.63) is 29.8 Å². The van der Waals surface area contributed by atoms with E-state index >= 15 is 0 Å². The maximum atomic E-state index is 6.10. The van der Waals surface area contributed by atoms with Gasteiger partial charge in [0.25, 0.3) is 0 Å². The number of nitrogens with one attached hydrogen (secondary N) is 1. The van der Waals surface area contributed by atoms with Crippen molar-refractivity contribution in [3.8, 4) is 5.75 Å². The lowest BCUT2D eigenvalue weighted by Crippen LogP contribution is -2.41. The van der Waals surface area contributed by atoms with E-state index in [0.29, 0.717) is 0 Å². The summed E-state index contributed by atoms with van der Waals surface area (Å²) in [5, 5.41) is 3.68. The minimum absolute atomic E-state index is 0.147. The van der Waals surface area contributed by atoms with Crippen molar-refractivity contribution < 1.29 is 9.47 Å². The molecule has 1 heterocycles. The molecule has 2 atom stereocenters. The highest BCUT2D eigenvalue weighted by atomic mass is 16.5. The Morgan fingerprint density at radius 3 is 2.71 bits per heavy atom. The summed E-state index contributed by atoms with van der Waals surface area (Å²) < 4.78 is 12.1. The summed E-state index contributed by atoms with van der Waals surface area (Å²) in [5.41, 5.74) is 1.06. The highest BCUT2D eigenvalue weighted by Crippen LogP contribution is 2.40. The van der Waals surface area contributed by atoms with Crippen molar-refractivity contribution in [1.29, 1.82) is 0 Å². The lowest BCUT2D eigenvalue weighted by Gasteiger charge is -2.35. The first-order valence-corrected chi connectivity index (χ1v) is 8.19. The summed E-state index contributed by atoms with van der Waals surface area (Å²) in [4.78, 5) is 0. The number of para-hydroxylation sites is 1. The van der Waals surface area contributed by atoms with Gasteiger partial charge in [-0.2, -0.15) is 0 Å². The van der Waals surface area contributed by atoms with E-state index in [9.17, 15) is 0 Å². The Bertz CT molecular complexity index is 439. The van der Waals surface area contributed by atoms with E-state index in [4.69, 9.17) is 9.47 Å². The first-order chi connectivity index (χ1) is 10.1. The third kappa shape index (κ3) is 3.98. The highest BCUT2D eigenvalue weighted by Gasteiger charge is 2.40. The average Bonchev–Trinajstić information content (AvgIpc) is 2.88. The van der Waals surface area contributed by atoms with Gasteiger partial charge in [0.15, 0.2) is 0 Å². The molecule has 3 heteroatoms. The van der Waals surface area contributed by atoms with Gasteiger partial charge in [-0.25, -0.2) is 0 Å². The lowest BCUT2D eigenvalue weighted by atomic mass is 9.87. The molecule has 21 heavy (non-hydrogen) atoms. The van der Waals surface area contributed by atoms with Crippen LogP contribution in [0.5, 0.6) is 5.75 Å². The number of benzene rings is 1. The van der Waals surface area contributed by atoms with Gasteiger partial charge in [0.2, 0.25) is 0 Å². The van der Waals surface area contributed by atoms with E-state index in [1.807, 2.05) is 6.07 Å². The average molecular weight is 291 g/mol.